The Morgan fingerprint density at radius 2 is 1.56 bits per heavy atom. The molecular weight excluding hydrogens is 429 g/mol. The molecule has 0 saturated carbocycles. The first-order chi connectivity index (χ1) is 15.3. The van der Waals surface area contributed by atoms with E-state index in [1.54, 1.807) is 24.3 Å². The summed E-state index contributed by atoms with van der Waals surface area (Å²) >= 11 is 0. The van der Waals surface area contributed by atoms with E-state index < -0.39 is 32.7 Å². The van der Waals surface area contributed by atoms with Crippen LogP contribution in [0.1, 0.15) is 11.1 Å². The molecule has 3 aromatic carbocycles. The van der Waals surface area contributed by atoms with E-state index in [9.17, 15) is 17.6 Å². The molecule has 6 nitrogen and oxygen atoms in total. The van der Waals surface area contributed by atoms with E-state index in [4.69, 9.17) is 0 Å². The molecule has 3 aromatic rings. The first-order valence-electron chi connectivity index (χ1n) is 10.1. The molecule has 0 aliphatic heterocycles. The lowest BCUT2D eigenvalue weighted by molar-refractivity contribution is -0.117. The van der Waals surface area contributed by atoms with Gasteiger partial charge < -0.3 is 10.2 Å². The fourth-order valence-electron chi connectivity index (χ4n) is 3.29. The van der Waals surface area contributed by atoms with Gasteiger partial charge in [0.15, 0.2) is 0 Å². The van der Waals surface area contributed by atoms with Gasteiger partial charge in [-0.05, 0) is 49.8 Å². The van der Waals surface area contributed by atoms with Gasteiger partial charge in [-0.15, -0.1) is 0 Å². The highest BCUT2D eigenvalue weighted by Gasteiger charge is 2.28. The van der Waals surface area contributed by atoms with Crippen molar-refractivity contribution in [1.29, 1.82) is 0 Å². The number of hydrogen-bond acceptors (Lipinski definition) is 4. The minimum absolute atomic E-state index is 0.107. The number of nitrogens with zero attached hydrogens (tertiary/aromatic N) is 1. The molecule has 32 heavy (non-hydrogen) atoms. The van der Waals surface area contributed by atoms with E-state index in [-0.39, 0.29) is 6.42 Å². The number of benzene rings is 3. The fraction of sp³-hybridized carbons (Fsp3) is 0.208. The Hall–Kier alpha value is -3.07. The van der Waals surface area contributed by atoms with E-state index in [1.807, 2.05) is 49.3 Å². The molecule has 0 radical (unpaired) electrons. The molecule has 1 amide bonds. The minimum atomic E-state index is -4.27. The number of halogens is 1. The summed E-state index contributed by atoms with van der Waals surface area (Å²) in [7, 11) is -0.439. The van der Waals surface area contributed by atoms with E-state index in [0.717, 1.165) is 17.2 Å². The van der Waals surface area contributed by atoms with Crippen molar-refractivity contribution >= 4 is 21.6 Å². The van der Waals surface area contributed by atoms with Crippen molar-refractivity contribution in [1.82, 2.24) is 9.62 Å². The van der Waals surface area contributed by atoms with Crippen LogP contribution in [0.3, 0.4) is 0 Å². The average Bonchev–Trinajstić information content (AvgIpc) is 2.75. The fourth-order valence-corrected chi connectivity index (χ4v) is 4.57. The summed E-state index contributed by atoms with van der Waals surface area (Å²) in [6, 6.07) is 20.3. The van der Waals surface area contributed by atoms with Crippen LogP contribution in [0.2, 0.25) is 0 Å². The molecule has 0 heterocycles. The third-order valence-corrected chi connectivity index (χ3v) is 6.29. The van der Waals surface area contributed by atoms with Gasteiger partial charge in [0, 0.05) is 12.2 Å². The number of sulfonamides is 1. The Morgan fingerprint density at radius 3 is 2.25 bits per heavy atom. The van der Waals surface area contributed by atoms with Gasteiger partial charge in [0.05, 0.1) is 0 Å². The molecule has 0 saturated heterocycles. The van der Waals surface area contributed by atoms with Crippen molar-refractivity contribution in [3.8, 4) is 0 Å². The van der Waals surface area contributed by atoms with Crippen LogP contribution < -0.4 is 10.0 Å². The second kappa shape index (κ2) is 10.5. The Labute approximate surface area is 188 Å². The first kappa shape index (κ1) is 23.6. The molecule has 0 fully saturated rings. The molecule has 168 valence electrons. The van der Waals surface area contributed by atoms with Crippen LogP contribution in [0.5, 0.6) is 0 Å². The number of nitrogens with one attached hydrogen (secondary N) is 2. The van der Waals surface area contributed by atoms with E-state index in [2.05, 4.69) is 10.0 Å². The highest BCUT2D eigenvalue weighted by Crippen LogP contribution is 2.19. The van der Waals surface area contributed by atoms with Crippen molar-refractivity contribution in [2.24, 2.45) is 0 Å². The monoisotopic (exact) mass is 455 g/mol. The largest absolute Gasteiger partial charge is 0.324 e. The van der Waals surface area contributed by atoms with Gasteiger partial charge in [-0.25, -0.2) is 12.8 Å². The molecule has 1 atom stereocenters. The minimum Gasteiger partial charge on any atom is -0.324 e. The van der Waals surface area contributed by atoms with Crippen LogP contribution in [-0.4, -0.2) is 39.4 Å². The summed E-state index contributed by atoms with van der Waals surface area (Å²) in [6.07, 6.45) is 0.107. The number of anilines is 1. The summed E-state index contributed by atoms with van der Waals surface area (Å²) in [5.74, 6) is -1.41. The van der Waals surface area contributed by atoms with Crippen LogP contribution in [-0.2, 0) is 27.8 Å². The molecule has 0 aliphatic carbocycles. The molecule has 0 aliphatic rings. The van der Waals surface area contributed by atoms with Gasteiger partial charge in [-0.2, -0.15) is 4.72 Å². The number of hydrogen-bond donors (Lipinski definition) is 2. The van der Waals surface area contributed by atoms with Gasteiger partial charge in [-0.1, -0.05) is 60.7 Å². The third kappa shape index (κ3) is 6.23. The molecular formula is C24H26FN3O3S. The Bertz CT molecular complexity index is 1170. The lowest BCUT2D eigenvalue weighted by atomic mass is 10.1. The standard InChI is InChI=1S/C24H26FN3O3S/c1-28(2)17-19-12-6-8-14-21(19)26-24(29)22(16-18-10-4-3-5-11-18)27-32(30,31)23-15-9-7-13-20(23)25/h3-15,22,27H,16-17H2,1-2H3,(H,26,29). The number of rotatable bonds is 9. The zero-order chi connectivity index (χ0) is 23.1. The molecule has 1 unspecified atom stereocenters. The smallest absolute Gasteiger partial charge is 0.244 e. The predicted octanol–water partition coefficient (Wildman–Crippen LogP) is 3.42. The molecule has 0 spiro atoms. The molecule has 0 aromatic heterocycles. The highest BCUT2D eigenvalue weighted by molar-refractivity contribution is 7.89. The van der Waals surface area contributed by atoms with E-state index in [0.29, 0.717) is 12.2 Å². The second-order valence-electron chi connectivity index (χ2n) is 7.68. The molecule has 8 heteroatoms. The van der Waals surface area contributed by atoms with Gasteiger partial charge in [0.1, 0.15) is 16.8 Å². The Morgan fingerprint density at radius 1 is 0.938 bits per heavy atom. The first-order valence-corrected chi connectivity index (χ1v) is 11.6. The van der Waals surface area contributed by atoms with Crippen LogP contribution in [0.4, 0.5) is 10.1 Å². The van der Waals surface area contributed by atoms with Crippen LogP contribution in [0.25, 0.3) is 0 Å². The maximum absolute atomic E-state index is 14.2. The third-order valence-electron chi connectivity index (χ3n) is 4.78. The maximum atomic E-state index is 14.2. The maximum Gasteiger partial charge on any atom is 0.244 e. The summed E-state index contributed by atoms with van der Waals surface area (Å²) in [4.78, 5) is 14.7. The van der Waals surface area contributed by atoms with E-state index >= 15 is 0 Å². The van der Waals surface area contributed by atoms with Crippen LogP contribution >= 0.6 is 0 Å². The Balaban J connectivity index is 1.90. The highest BCUT2D eigenvalue weighted by atomic mass is 32.2. The predicted molar refractivity (Wildman–Crippen MR) is 123 cm³/mol. The zero-order valence-corrected chi connectivity index (χ0v) is 18.8. The number of para-hydroxylation sites is 1. The van der Waals surface area contributed by atoms with Crippen molar-refractivity contribution < 1.29 is 17.6 Å². The second-order valence-corrected chi connectivity index (χ2v) is 9.36. The van der Waals surface area contributed by atoms with Crippen molar-refractivity contribution in [2.45, 2.75) is 23.9 Å². The SMILES string of the molecule is CN(C)Cc1ccccc1NC(=O)C(Cc1ccccc1)NS(=O)(=O)c1ccccc1F. The normalized spacial score (nSPS) is 12.5. The summed E-state index contributed by atoms with van der Waals surface area (Å²) in [5.41, 5.74) is 2.25. The average molecular weight is 456 g/mol. The number of amides is 1. The summed E-state index contributed by atoms with van der Waals surface area (Å²) in [6.45, 7) is 0.598. The number of carbonyl (C=O) groups excluding carboxylic acids is 1. The van der Waals surface area contributed by atoms with Crippen LogP contribution in [0.15, 0.2) is 83.8 Å². The lowest BCUT2D eigenvalue weighted by Gasteiger charge is -2.21. The topological polar surface area (TPSA) is 78.5 Å². The molecule has 2 N–H and O–H groups in total. The lowest BCUT2D eigenvalue weighted by Crippen LogP contribution is -2.45. The van der Waals surface area contributed by atoms with Gasteiger partial charge in [-0.3, -0.25) is 4.79 Å². The van der Waals surface area contributed by atoms with Crippen molar-refractivity contribution in [3.05, 3.63) is 95.8 Å². The van der Waals surface area contributed by atoms with E-state index in [1.165, 1.54) is 18.2 Å². The number of carbonyl (C=O) groups is 1. The quantitative estimate of drug-likeness (QED) is 0.518. The molecule has 0 bridgehead atoms. The summed E-state index contributed by atoms with van der Waals surface area (Å²) in [5, 5.41) is 2.84. The van der Waals surface area contributed by atoms with Crippen molar-refractivity contribution in [2.75, 3.05) is 19.4 Å². The van der Waals surface area contributed by atoms with Gasteiger partial charge >= 0.3 is 0 Å². The molecule has 3 rings (SSSR count). The summed E-state index contributed by atoms with van der Waals surface area (Å²) < 4.78 is 42.3. The van der Waals surface area contributed by atoms with Gasteiger partial charge in [0.25, 0.3) is 0 Å². The van der Waals surface area contributed by atoms with Crippen molar-refractivity contribution in [3.63, 3.8) is 0 Å². The zero-order valence-electron chi connectivity index (χ0n) is 18.0. The van der Waals surface area contributed by atoms with Gasteiger partial charge in [0.2, 0.25) is 15.9 Å². The Kier molecular flexibility index (Phi) is 7.74. The van der Waals surface area contributed by atoms with Crippen LogP contribution in [0, 0.1) is 5.82 Å².